The predicted octanol–water partition coefficient (Wildman–Crippen LogP) is 14.4. The van der Waals surface area contributed by atoms with Crippen LogP contribution in [0.15, 0.2) is 176 Å². The summed E-state index contributed by atoms with van der Waals surface area (Å²) in [4.78, 5) is 2.51. The van der Waals surface area contributed by atoms with Gasteiger partial charge in [-0.05, 0) is 75.5 Å². The summed E-state index contributed by atoms with van der Waals surface area (Å²) in [6, 6.07) is 64.4. The van der Waals surface area contributed by atoms with Crippen molar-refractivity contribution in [2.45, 2.75) is 0 Å². The van der Waals surface area contributed by atoms with Crippen LogP contribution in [0.25, 0.3) is 73.4 Å². The van der Waals surface area contributed by atoms with Crippen LogP contribution < -0.4 is 4.90 Å². The second-order valence-electron chi connectivity index (χ2n) is 12.5. The monoisotopic (exact) mass is 659 g/mol. The largest absolute Gasteiger partial charge is 0.308 e. The fourth-order valence-corrected chi connectivity index (χ4v) is 9.75. The van der Waals surface area contributed by atoms with Crippen LogP contribution in [0.3, 0.4) is 0 Å². The summed E-state index contributed by atoms with van der Waals surface area (Å²) in [5.74, 6) is 0. The molecule has 10 rings (SSSR count). The lowest BCUT2D eigenvalue weighted by Gasteiger charge is -2.27. The van der Waals surface area contributed by atoms with Crippen molar-refractivity contribution >= 4 is 90.9 Å². The van der Waals surface area contributed by atoms with Gasteiger partial charge in [0.1, 0.15) is 0 Å². The van der Waals surface area contributed by atoms with Gasteiger partial charge in [-0.2, -0.15) is 0 Å². The van der Waals surface area contributed by atoms with E-state index in [1.807, 2.05) is 22.7 Å². The summed E-state index contributed by atoms with van der Waals surface area (Å²) in [5.41, 5.74) is 8.42. The topological polar surface area (TPSA) is 3.24 Å². The van der Waals surface area contributed by atoms with Gasteiger partial charge in [0, 0.05) is 36.6 Å². The third-order valence-corrected chi connectivity index (χ3v) is 12.1. The molecule has 0 atom stereocenters. The number of benzene rings is 8. The first-order valence-electron chi connectivity index (χ1n) is 16.6. The molecule has 0 amide bonds. The van der Waals surface area contributed by atoms with Gasteiger partial charge in [0.15, 0.2) is 0 Å². The van der Waals surface area contributed by atoms with Crippen molar-refractivity contribution in [1.29, 1.82) is 0 Å². The van der Waals surface area contributed by atoms with Crippen molar-refractivity contribution in [3.05, 3.63) is 176 Å². The van der Waals surface area contributed by atoms with E-state index in [1.165, 1.54) is 84.7 Å². The summed E-state index contributed by atoms with van der Waals surface area (Å²) in [6.45, 7) is 0. The molecule has 0 aliphatic rings. The molecule has 230 valence electrons. The van der Waals surface area contributed by atoms with E-state index in [1.54, 1.807) is 0 Å². The molecule has 0 spiro atoms. The van der Waals surface area contributed by atoms with Crippen LogP contribution in [0.2, 0.25) is 0 Å². The van der Waals surface area contributed by atoms with E-state index in [4.69, 9.17) is 0 Å². The Bertz CT molecular complexity index is 2820. The highest BCUT2D eigenvalue weighted by Crippen LogP contribution is 2.50. The maximum atomic E-state index is 2.51. The second-order valence-corrected chi connectivity index (χ2v) is 14.6. The van der Waals surface area contributed by atoms with Crippen molar-refractivity contribution in [1.82, 2.24) is 0 Å². The summed E-state index contributed by atoms with van der Waals surface area (Å²) in [7, 11) is 0. The van der Waals surface area contributed by atoms with Crippen LogP contribution in [0.4, 0.5) is 17.1 Å². The Labute approximate surface area is 292 Å². The Balaban J connectivity index is 1.26. The average Bonchev–Trinajstić information content (AvgIpc) is 3.75. The van der Waals surface area contributed by atoms with Crippen molar-refractivity contribution in [2.75, 3.05) is 4.90 Å². The number of anilines is 3. The van der Waals surface area contributed by atoms with Crippen molar-refractivity contribution in [3.63, 3.8) is 0 Å². The number of hydrogen-bond acceptors (Lipinski definition) is 3. The lowest BCUT2D eigenvalue weighted by Crippen LogP contribution is -2.10. The Morgan fingerprint density at radius 2 is 0.939 bits per heavy atom. The van der Waals surface area contributed by atoms with E-state index < -0.39 is 0 Å². The summed E-state index contributed by atoms with van der Waals surface area (Å²) in [6.07, 6.45) is 0. The lowest BCUT2D eigenvalue weighted by molar-refractivity contribution is 1.32. The molecule has 0 aliphatic heterocycles. The van der Waals surface area contributed by atoms with E-state index in [9.17, 15) is 0 Å². The fraction of sp³-hybridized carbons (Fsp3) is 0. The summed E-state index contributed by atoms with van der Waals surface area (Å²) < 4.78 is 5.19. The minimum atomic E-state index is 1.14. The molecule has 0 saturated heterocycles. The molecule has 2 heterocycles. The molecular formula is C46H29NS2. The van der Waals surface area contributed by atoms with Gasteiger partial charge in [-0.15, -0.1) is 22.7 Å². The van der Waals surface area contributed by atoms with Crippen LogP contribution in [0.5, 0.6) is 0 Å². The van der Waals surface area contributed by atoms with Crippen LogP contribution in [-0.4, -0.2) is 0 Å². The molecule has 0 unspecified atom stereocenters. The standard InChI is InChI=1S/C46H29NS2/c1-2-12-30(13-3-1)33-28-40-38-18-7-9-23-44(38)49-46(40)42(29-33)47(41-21-11-20-39-37-17-6-8-22-43(37)48-45(39)41)34-26-24-32(25-27-34)36-19-10-15-31-14-4-5-16-35(31)36/h1-29H. The summed E-state index contributed by atoms with van der Waals surface area (Å²) >= 11 is 3.76. The molecule has 3 heteroatoms. The molecule has 10 aromatic rings. The molecule has 2 aromatic heterocycles. The first kappa shape index (κ1) is 28.3. The smallest absolute Gasteiger partial charge is 0.0647 e. The molecule has 0 fully saturated rings. The van der Waals surface area contributed by atoms with Crippen LogP contribution in [0.1, 0.15) is 0 Å². The van der Waals surface area contributed by atoms with Crippen LogP contribution in [-0.2, 0) is 0 Å². The molecule has 0 saturated carbocycles. The van der Waals surface area contributed by atoms with Gasteiger partial charge in [-0.25, -0.2) is 0 Å². The quantitative estimate of drug-likeness (QED) is 0.178. The van der Waals surface area contributed by atoms with Gasteiger partial charge in [-0.3, -0.25) is 0 Å². The summed E-state index contributed by atoms with van der Waals surface area (Å²) in [5, 5.41) is 7.72. The molecule has 0 N–H and O–H groups in total. The number of nitrogens with zero attached hydrogens (tertiary/aromatic N) is 1. The second kappa shape index (κ2) is 11.5. The SMILES string of the molecule is c1ccc(-c2cc(N(c3ccc(-c4cccc5ccccc45)cc3)c3cccc4c3sc3ccccc34)c3sc4ccccc4c3c2)cc1. The maximum absolute atomic E-state index is 2.51. The van der Waals surface area contributed by atoms with E-state index in [0.717, 1.165) is 5.69 Å². The van der Waals surface area contributed by atoms with Gasteiger partial charge >= 0.3 is 0 Å². The van der Waals surface area contributed by atoms with E-state index in [2.05, 4.69) is 181 Å². The normalized spacial score (nSPS) is 11.7. The Kier molecular flexibility index (Phi) is 6.61. The van der Waals surface area contributed by atoms with Crippen LogP contribution >= 0.6 is 22.7 Å². The number of thiophene rings is 2. The zero-order chi connectivity index (χ0) is 32.3. The molecular weight excluding hydrogens is 631 g/mol. The maximum Gasteiger partial charge on any atom is 0.0647 e. The third-order valence-electron chi connectivity index (χ3n) is 9.66. The Morgan fingerprint density at radius 3 is 1.71 bits per heavy atom. The highest BCUT2D eigenvalue weighted by atomic mass is 32.1. The van der Waals surface area contributed by atoms with Crippen molar-refractivity contribution in [3.8, 4) is 22.3 Å². The minimum absolute atomic E-state index is 1.14. The Morgan fingerprint density at radius 1 is 0.347 bits per heavy atom. The van der Waals surface area contributed by atoms with E-state index in [0.29, 0.717) is 0 Å². The predicted molar refractivity (Wildman–Crippen MR) is 215 cm³/mol. The highest BCUT2D eigenvalue weighted by Gasteiger charge is 2.23. The molecule has 0 radical (unpaired) electrons. The van der Waals surface area contributed by atoms with Gasteiger partial charge in [0.25, 0.3) is 0 Å². The number of rotatable bonds is 5. The number of fused-ring (bicyclic) bond motifs is 7. The molecule has 1 nitrogen and oxygen atoms in total. The van der Waals surface area contributed by atoms with E-state index >= 15 is 0 Å². The number of hydrogen-bond donors (Lipinski definition) is 0. The van der Waals surface area contributed by atoms with Crippen molar-refractivity contribution in [2.24, 2.45) is 0 Å². The van der Waals surface area contributed by atoms with Gasteiger partial charge < -0.3 is 4.90 Å². The van der Waals surface area contributed by atoms with Crippen LogP contribution in [0, 0.1) is 0 Å². The first-order valence-corrected chi connectivity index (χ1v) is 18.2. The minimum Gasteiger partial charge on any atom is -0.308 e. The highest BCUT2D eigenvalue weighted by molar-refractivity contribution is 7.27. The molecule has 49 heavy (non-hydrogen) atoms. The van der Waals surface area contributed by atoms with Gasteiger partial charge in [0.05, 0.1) is 20.8 Å². The fourth-order valence-electron chi connectivity index (χ4n) is 7.36. The zero-order valence-corrected chi connectivity index (χ0v) is 28.1. The van der Waals surface area contributed by atoms with Gasteiger partial charge in [-0.1, -0.05) is 133 Å². The third kappa shape index (κ3) is 4.66. The Hall–Kier alpha value is -5.74. The first-order chi connectivity index (χ1) is 24.3. The zero-order valence-electron chi connectivity index (χ0n) is 26.5. The van der Waals surface area contributed by atoms with E-state index in [-0.39, 0.29) is 0 Å². The lowest BCUT2D eigenvalue weighted by atomic mass is 9.97. The van der Waals surface area contributed by atoms with Gasteiger partial charge in [0.2, 0.25) is 0 Å². The molecule has 8 aromatic carbocycles. The molecule has 0 bridgehead atoms. The average molecular weight is 660 g/mol. The molecule has 0 aliphatic carbocycles. The van der Waals surface area contributed by atoms with Crippen molar-refractivity contribution < 1.29 is 0 Å².